The van der Waals surface area contributed by atoms with Gasteiger partial charge in [0.15, 0.2) is 5.78 Å². The maximum atomic E-state index is 12.4. The van der Waals surface area contributed by atoms with Crippen molar-refractivity contribution in [2.45, 2.75) is 83.0 Å². The first-order valence-corrected chi connectivity index (χ1v) is 14.1. The van der Waals surface area contributed by atoms with Crippen molar-refractivity contribution in [3.63, 3.8) is 0 Å². The number of ether oxygens (including phenoxy) is 1. The normalized spacial score (nSPS) is 27.5. The summed E-state index contributed by atoms with van der Waals surface area (Å²) < 4.78 is 27.5. The Morgan fingerprint density at radius 2 is 1.97 bits per heavy atom. The summed E-state index contributed by atoms with van der Waals surface area (Å²) in [4.78, 5) is 34.0. The van der Waals surface area contributed by atoms with Gasteiger partial charge in [-0.2, -0.15) is 0 Å². The Kier molecular flexibility index (Phi) is 11.8. The van der Waals surface area contributed by atoms with Gasteiger partial charge in [-0.1, -0.05) is 31.9 Å². The minimum atomic E-state index is -4.42. The highest BCUT2D eigenvalue weighted by molar-refractivity contribution is 7.48. The molecule has 35 heavy (non-hydrogen) atoms. The molecule has 0 aromatic rings. The Hall–Kier alpha value is -1.35. The van der Waals surface area contributed by atoms with Crippen LogP contribution in [0.15, 0.2) is 23.8 Å². The van der Waals surface area contributed by atoms with Crippen molar-refractivity contribution < 1.29 is 42.4 Å². The van der Waals surface area contributed by atoms with Crippen LogP contribution < -0.4 is 0 Å². The second kappa shape index (κ2) is 13.8. The maximum Gasteiger partial charge on any atom is 0.529 e. The number of aliphatic hydroxyl groups excluding tert-OH is 1. The first-order chi connectivity index (χ1) is 16.4. The van der Waals surface area contributed by atoms with Crippen LogP contribution in [0.4, 0.5) is 0 Å². The molecule has 0 spiro atoms. The number of carbonyl (C=O) groups excluding carboxylic acids is 2. The molecule has 2 fully saturated rings. The van der Waals surface area contributed by atoms with Crippen molar-refractivity contribution >= 4 is 19.6 Å². The smallest absolute Gasteiger partial charge is 0.392 e. The third kappa shape index (κ3) is 11.5. The third-order valence-corrected chi connectivity index (χ3v) is 7.12. The summed E-state index contributed by atoms with van der Waals surface area (Å²) in [6, 6.07) is 0. The van der Waals surface area contributed by atoms with Gasteiger partial charge in [0.2, 0.25) is 0 Å². The maximum absolute atomic E-state index is 12.4. The van der Waals surface area contributed by atoms with E-state index in [1.165, 1.54) is 12.8 Å². The molecule has 0 aromatic heterocycles. The number of aliphatic hydroxyl groups is 1. The molecule has 1 aliphatic carbocycles. The second-order valence-corrected chi connectivity index (χ2v) is 11.8. The zero-order valence-electron chi connectivity index (χ0n) is 21.6. The minimum Gasteiger partial charge on any atom is -0.392 e. The highest BCUT2D eigenvalue weighted by atomic mass is 31.2. The van der Waals surface area contributed by atoms with Gasteiger partial charge in [0.25, 0.3) is 0 Å². The van der Waals surface area contributed by atoms with Crippen LogP contribution in [0.1, 0.15) is 64.7 Å². The van der Waals surface area contributed by atoms with E-state index in [0.717, 1.165) is 12.8 Å². The summed E-state index contributed by atoms with van der Waals surface area (Å²) in [5.41, 5.74) is 0.634. The number of unbranched alkanes of at least 4 members (excludes halogenated alkanes) is 3. The molecular weight excluding hydrogens is 473 g/mol. The molecule has 10 heteroatoms. The lowest BCUT2D eigenvalue weighted by atomic mass is 9.95. The SMILES string of the molecule is CCCCC/C=C/CC1/C(=C\C2OC2CCCC(=O)OP(=O)(O)OCC[N+](C)(C)C)C(=O)CC1O. The number of carbonyl (C=O) groups is 2. The van der Waals surface area contributed by atoms with E-state index in [4.69, 9.17) is 9.26 Å². The van der Waals surface area contributed by atoms with Crippen molar-refractivity contribution in [1.82, 2.24) is 0 Å². The van der Waals surface area contributed by atoms with Gasteiger partial charge >= 0.3 is 13.8 Å². The van der Waals surface area contributed by atoms with E-state index < -0.39 is 19.9 Å². The second-order valence-electron chi connectivity index (χ2n) is 10.4. The number of ketones is 1. The van der Waals surface area contributed by atoms with Crippen LogP contribution in [0.5, 0.6) is 0 Å². The Morgan fingerprint density at radius 1 is 1.23 bits per heavy atom. The summed E-state index contributed by atoms with van der Waals surface area (Å²) in [5.74, 6) is -1.04. The summed E-state index contributed by atoms with van der Waals surface area (Å²) in [7, 11) is 1.33. The van der Waals surface area contributed by atoms with E-state index in [1.807, 2.05) is 27.2 Å². The highest BCUT2D eigenvalue weighted by Gasteiger charge is 2.42. The van der Waals surface area contributed by atoms with E-state index in [0.29, 0.717) is 35.9 Å². The minimum absolute atomic E-state index is 0.000119. The fraction of sp³-hybridized carbons (Fsp3) is 0.760. The Bertz CT molecular complexity index is 819. The molecular formula is C25H43NO8P+. The molecule has 9 nitrogen and oxygen atoms in total. The van der Waals surface area contributed by atoms with Crippen LogP contribution in [-0.2, 0) is 27.9 Å². The number of quaternary nitrogens is 1. The summed E-state index contributed by atoms with van der Waals surface area (Å²) in [6.45, 7) is 2.66. The van der Waals surface area contributed by atoms with Gasteiger partial charge < -0.3 is 18.9 Å². The number of nitrogens with zero attached hydrogens (tertiary/aromatic N) is 1. The number of rotatable bonds is 16. The number of likely N-dealkylation sites (N-methyl/N-ethyl adjacent to an activating group) is 1. The van der Waals surface area contributed by atoms with Crippen molar-refractivity contribution in [3.05, 3.63) is 23.8 Å². The predicted octanol–water partition coefficient (Wildman–Crippen LogP) is 3.69. The Balaban J connectivity index is 1.72. The lowest BCUT2D eigenvalue weighted by molar-refractivity contribution is -0.870. The van der Waals surface area contributed by atoms with E-state index in [9.17, 15) is 24.2 Å². The lowest BCUT2D eigenvalue weighted by Gasteiger charge is -2.23. The highest BCUT2D eigenvalue weighted by Crippen LogP contribution is 2.44. The van der Waals surface area contributed by atoms with Crippen molar-refractivity contribution in [2.24, 2.45) is 5.92 Å². The van der Waals surface area contributed by atoms with Gasteiger partial charge in [0, 0.05) is 18.8 Å². The number of Topliss-reactive ketones (excluding diaryl/α,β-unsaturated/α-hetero) is 1. The van der Waals surface area contributed by atoms with E-state index >= 15 is 0 Å². The van der Waals surface area contributed by atoms with Gasteiger partial charge in [-0.25, -0.2) is 4.57 Å². The molecule has 1 aliphatic heterocycles. The Labute approximate surface area is 209 Å². The monoisotopic (exact) mass is 516 g/mol. The number of phosphoric acid groups is 1. The molecule has 1 saturated heterocycles. The average molecular weight is 517 g/mol. The Morgan fingerprint density at radius 3 is 2.66 bits per heavy atom. The van der Waals surface area contributed by atoms with Crippen LogP contribution in [0.25, 0.3) is 0 Å². The number of hydrogen-bond acceptors (Lipinski definition) is 7. The van der Waals surface area contributed by atoms with Gasteiger partial charge in [-0.15, -0.1) is 0 Å². The van der Waals surface area contributed by atoms with E-state index in [-0.39, 0.29) is 43.4 Å². The van der Waals surface area contributed by atoms with Crippen molar-refractivity contribution in [3.8, 4) is 0 Å². The van der Waals surface area contributed by atoms with Crippen molar-refractivity contribution in [2.75, 3.05) is 34.3 Å². The van der Waals surface area contributed by atoms with Gasteiger partial charge in [-0.05, 0) is 43.8 Å². The molecule has 1 saturated carbocycles. The summed E-state index contributed by atoms with van der Waals surface area (Å²) >= 11 is 0. The number of phosphoric ester groups is 1. The summed E-state index contributed by atoms with van der Waals surface area (Å²) in [5, 5.41) is 10.3. The molecule has 0 aromatic carbocycles. The average Bonchev–Trinajstić information content (AvgIpc) is 3.41. The van der Waals surface area contributed by atoms with Gasteiger partial charge in [-0.3, -0.25) is 19.0 Å². The van der Waals surface area contributed by atoms with Crippen LogP contribution in [0.2, 0.25) is 0 Å². The molecule has 2 aliphatic rings. The van der Waals surface area contributed by atoms with Crippen LogP contribution in [0, 0.1) is 5.92 Å². The summed E-state index contributed by atoms with van der Waals surface area (Å²) in [6.07, 6.45) is 11.2. The number of hydrogen-bond donors (Lipinski definition) is 2. The topological polar surface area (TPSA) is 123 Å². The van der Waals surface area contributed by atoms with Crippen LogP contribution in [-0.4, -0.2) is 78.8 Å². The molecule has 0 amide bonds. The zero-order chi connectivity index (χ0) is 26.1. The zero-order valence-corrected chi connectivity index (χ0v) is 22.5. The molecule has 1 heterocycles. The molecule has 0 bridgehead atoms. The molecule has 5 unspecified atom stereocenters. The number of epoxide rings is 1. The van der Waals surface area contributed by atoms with Gasteiger partial charge in [0.05, 0.1) is 33.4 Å². The number of allylic oxidation sites excluding steroid dienone is 2. The quantitative estimate of drug-likeness (QED) is 0.0795. The van der Waals surface area contributed by atoms with E-state index in [1.54, 1.807) is 0 Å². The molecule has 5 atom stereocenters. The first-order valence-electron chi connectivity index (χ1n) is 12.7. The van der Waals surface area contributed by atoms with Gasteiger partial charge in [0.1, 0.15) is 19.3 Å². The van der Waals surface area contributed by atoms with E-state index in [2.05, 4.69) is 23.6 Å². The largest absolute Gasteiger partial charge is 0.529 e. The predicted molar refractivity (Wildman–Crippen MR) is 132 cm³/mol. The molecule has 200 valence electrons. The lowest BCUT2D eigenvalue weighted by Crippen LogP contribution is -2.37. The fourth-order valence-corrected chi connectivity index (χ4v) is 4.74. The molecule has 2 rings (SSSR count). The standard InChI is InChI=1S/C25H42NO8P/c1-5-6-7-8-9-10-12-19-20(22(28)18-21(19)27)17-24-23(33-24)13-11-14-25(29)34-35(30,31)32-16-15-26(2,3)4/h9-10,17,19,21,23-24,27H,5-8,11-16,18H2,1-4H3/p+1/b10-9+,20-17+. The van der Waals surface area contributed by atoms with Crippen LogP contribution >= 0.6 is 7.82 Å². The third-order valence-electron chi connectivity index (χ3n) is 6.18. The van der Waals surface area contributed by atoms with Crippen molar-refractivity contribution in [1.29, 1.82) is 0 Å². The van der Waals surface area contributed by atoms with Crippen LogP contribution in [0.3, 0.4) is 0 Å². The first kappa shape index (κ1) is 29.9. The molecule has 2 N–H and O–H groups in total. The molecule has 0 radical (unpaired) electrons. The fourth-order valence-electron chi connectivity index (χ4n) is 4.03.